The van der Waals surface area contributed by atoms with Gasteiger partial charge >= 0.3 is 5.97 Å². The summed E-state index contributed by atoms with van der Waals surface area (Å²) in [5.74, 6) is -1.75. The van der Waals surface area contributed by atoms with Crippen molar-refractivity contribution in [3.63, 3.8) is 0 Å². The smallest absolute Gasteiger partial charge is 0.338 e. The van der Waals surface area contributed by atoms with Crippen molar-refractivity contribution in [3.8, 4) is 11.5 Å². The third kappa shape index (κ3) is 7.48. The molecule has 8 nitrogen and oxygen atoms in total. The van der Waals surface area contributed by atoms with E-state index in [2.05, 4.69) is 5.32 Å². The Bertz CT molecular complexity index is 1170. The van der Waals surface area contributed by atoms with Crippen LogP contribution >= 0.6 is 11.6 Å². The molecule has 0 radical (unpaired) electrons. The molecule has 0 saturated carbocycles. The molecule has 182 valence electrons. The first kappa shape index (κ1) is 25.6. The Balaban J connectivity index is 1.65. The van der Waals surface area contributed by atoms with Gasteiger partial charge in [0.2, 0.25) is 0 Å². The van der Waals surface area contributed by atoms with Gasteiger partial charge in [0.05, 0.1) is 23.7 Å². The average molecular weight is 497 g/mol. The van der Waals surface area contributed by atoms with Crippen LogP contribution in [0.1, 0.15) is 27.5 Å². The molecule has 0 aliphatic heterocycles. The van der Waals surface area contributed by atoms with Crippen molar-refractivity contribution in [1.29, 1.82) is 0 Å². The first-order valence-corrected chi connectivity index (χ1v) is 11.1. The largest absolute Gasteiger partial charge is 0.493 e. The molecule has 9 heteroatoms. The lowest BCUT2D eigenvalue weighted by molar-refractivity contribution is -0.125. The molecule has 35 heavy (non-hydrogen) atoms. The summed E-state index contributed by atoms with van der Waals surface area (Å²) in [7, 11) is 1.35. The lowest BCUT2D eigenvalue weighted by Gasteiger charge is -2.19. The van der Waals surface area contributed by atoms with Crippen molar-refractivity contribution in [1.82, 2.24) is 5.32 Å². The minimum atomic E-state index is -0.777. The molecule has 0 aromatic heterocycles. The van der Waals surface area contributed by atoms with Gasteiger partial charge in [-0.3, -0.25) is 9.59 Å². The third-order valence-electron chi connectivity index (χ3n) is 4.98. The molecule has 3 aromatic carbocycles. The van der Waals surface area contributed by atoms with Gasteiger partial charge in [-0.1, -0.05) is 72.3 Å². The first-order chi connectivity index (χ1) is 16.9. The van der Waals surface area contributed by atoms with Gasteiger partial charge in [-0.05, 0) is 29.7 Å². The highest BCUT2D eigenvalue weighted by molar-refractivity contribution is 6.32. The molecular formula is C26H25ClN2O6. The van der Waals surface area contributed by atoms with Crippen LogP contribution in [-0.2, 0) is 20.7 Å². The number of amides is 2. The highest BCUT2D eigenvalue weighted by Crippen LogP contribution is 2.36. The number of hydrogen-bond acceptors (Lipinski definition) is 6. The lowest BCUT2D eigenvalue weighted by atomic mass is 9.99. The summed E-state index contributed by atoms with van der Waals surface area (Å²) >= 11 is 6.17. The van der Waals surface area contributed by atoms with Crippen molar-refractivity contribution in [2.75, 3.05) is 20.3 Å². The van der Waals surface area contributed by atoms with Crippen LogP contribution in [0.25, 0.3) is 0 Å². The highest BCUT2D eigenvalue weighted by atomic mass is 35.5. The van der Waals surface area contributed by atoms with Gasteiger partial charge in [-0.25, -0.2) is 4.79 Å². The van der Waals surface area contributed by atoms with Crippen molar-refractivity contribution in [3.05, 3.63) is 94.5 Å². The fraction of sp³-hybridized carbons (Fsp3) is 0.192. The third-order valence-corrected chi connectivity index (χ3v) is 5.26. The number of methoxy groups -OCH3 is 1. The van der Waals surface area contributed by atoms with E-state index in [9.17, 15) is 14.4 Å². The normalized spacial score (nSPS) is 11.3. The van der Waals surface area contributed by atoms with E-state index in [1.807, 2.05) is 60.7 Å². The SMILES string of the molecule is COc1cc(C(=O)OCC(=O)NC(Cc2ccccc2)c2ccccc2)cc(Cl)c1OCC(N)=O. The molecule has 3 aromatic rings. The number of halogens is 1. The standard InChI is InChI=1S/C26H25ClN2O6/c1-33-22-14-19(13-20(27)25(22)34-15-23(28)30)26(32)35-16-24(31)29-21(18-10-6-3-7-11-18)12-17-8-4-2-5-9-17/h2-11,13-14,21H,12,15-16H2,1H3,(H2,28,30)(H,29,31). The predicted molar refractivity (Wildman–Crippen MR) is 130 cm³/mol. The summed E-state index contributed by atoms with van der Waals surface area (Å²) in [5.41, 5.74) is 7.12. The summed E-state index contributed by atoms with van der Waals surface area (Å²) in [5, 5.41) is 2.95. The number of hydrogen-bond donors (Lipinski definition) is 2. The molecule has 0 saturated heterocycles. The second-order valence-corrected chi connectivity index (χ2v) is 7.95. The Labute approximate surface area is 207 Å². The lowest BCUT2D eigenvalue weighted by Crippen LogP contribution is -2.33. The van der Waals surface area contributed by atoms with Crippen LogP contribution in [-0.4, -0.2) is 38.1 Å². The van der Waals surface area contributed by atoms with Gasteiger partial charge in [-0.15, -0.1) is 0 Å². The zero-order valence-corrected chi connectivity index (χ0v) is 19.8. The van der Waals surface area contributed by atoms with Gasteiger partial charge in [0.1, 0.15) is 0 Å². The molecule has 1 unspecified atom stereocenters. The maximum Gasteiger partial charge on any atom is 0.338 e. The number of primary amides is 1. The molecule has 3 N–H and O–H groups in total. The zero-order valence-electron chi connectivity index (χ0n) is 19.0. The van der Waals surface area contributed by atoms with Crippen LogP contribution in [0.2, 0.25) is 5.02 Å². The second-order valence-electron chi connectivity index (χ2n) is 7.54. The Morgan fingerprint density at radius 2 is 1.63 bits per heavy atom. The number of esters is 1. The molecule has 0 fully saturated rings. The molecule has 0 aliphatic rings. The molecule has 2 amide bonds. The number of carbonyl (C=O) groups excluding carboxylic acids is 3. The highest BCUT2D eigenvalue weighted by Gasteiger charge is 2.20. The maximum atomic E-state index is 12.6. The molecule has 1 atom stereocenters. The molecule has 0 bridgehead atoms. The Hall–Kier alpha value is -4.04. The summed E-state index contributed by atoms with van der Waals surface area (Å²) in [6, 6.07) is 21.6. The van der Waals surface area contributed by atoms with E-state index in [1.54, 1.807) is 0 Å². The van der Waals surface area contributed by atoms with Crippen LogP contribution in [0.4, 0.5) is 0 Å². The van der Waals surface area contributed by atoms with Gasteiger partial charge in [0, 0.05) is 0 Å². The van der Waals surface area contributed by atoms with E-state index in [4.69, 9.17) is 31.5 Å². The topological polar surface area (TPSA) is 117 Å². The van der Waals surface area contributed by atoms with E-state index in [0.29, 0.717) is 6.42 Å². The Morgan fingerprint density at radius 1 is 0.971 bits per heavy atom. The Morgan fingerprint density at radius 3 is 2.26 bits per heavy atom. The fourth-order valence-electron chi connectivity index (χ4n) is 3.36. The zero-order chi connectivity index (χ0) is 25.2. The van der Waals surface area contributed by atoms with Gasteiger partial charge in [0.15, 0.2) is 24.7 Å². The van der Waals surface area contributed by atoms with Crippen LogP contribution in [0.15, 0.2) is 72.8 Å². The van der Waals surface area contributed by atoms with Crippen LogP contribution < -0.4 is 20.5 Å². The average Bonchev–Trinajstić information content (AvgIpc) is 2.86. The molecule has 0 heterocycles. The van der Waals surface area contributed by atoms with E-state index < -0.39 is 31.0 Å². The van der Waals surface area contributed by atoms with Crippen molar-refractivity contribution in [2.24, 2.45) is 5.73 Å². The predicted octanol–water partition coefficient (Wildman–Crippen LogP) is 3.47. The summed E-state index contributed by atoms with van der Waals surface area (Å²) in [6.45, 7) is -0.900. The van der Waals surface area contributed by atoms with E-state index in [1.165, 1.54) is 19.2 Å². The minimum Gasteiger partial charge on any atom is -0.493 e. The number of benzene rings is 3. The fourth-order valence-corrected chi connectivity index (χ4v) is 3.62. The van der Waals surface area contributed by atoms with Crippen molar-refractivity contribution >= 4 is 29.4 Å². The van der Waals surface area contributed by atoms with Gasteiger partial charge < -0.3 is 25.3 Å². The van der Waals surface area contributed by atoms with Crippen molar-refractivity contribution < 1.29 is 28.6 Å². The minimum absolute atomic E-state index is 0.0222. The number of rotatable bonds is 11. The van der Waals surface area contributed by atoms with Gasteiger partial charge in [0.25, 0.3) is 11.8 Å². The van der Waals surface area contributed by atoms with Gasteiger partial charge in [-0.2, -0.15) is 0 Å². The number of ether oxygens (including phenoxy) is 3. The Kier molecular flexibility index (Phi) is 9.09. The van der Waals surface area contributed by atoms with Crippen LogP contribution in [0, 0.1) is 0 Å². The number of nitrogens with one attached hydrogen (secondary N) is 1. The van der Waals surface area contributed by atoms with E-state index >= 15 is 0 Å². The molecule has 0 spiro atoms. The molecule has 3 rings (SSSR count). The summed E-state index contributed by atoms with van der Waals surface area (Å²) in [4.78, 5) is 36.2. The van der Waals surface area contributed by atoms with E-state index in [-0.39, 0.29) is 28.1 Å². The maximum absolute atomic E-state index is 12.6. The quantitative estimate of drug-likeness (QED) is 0.392. The molecular weight excluding hydrogens is 472 g/mol. The summed E-state index contributed by atoms with van der Waals surface area (Å²) in [6.07, 6.45) is 0.574. The molecule has 0 aliphatic carbocycles. The number of carbonyl (C=O) groups is 3. The van der Waals surface area contributed by atoms with Crippen LogP contribution in [0.5, 0.6) is 11.5 Å². The van der Waals surface area contributed by atoms with Crippen LogP contribution in [0.3, 0.4) is 0 Å². The van der Waals surface area contributed by atoms with E-state index in [0.717, 1.165) is 11.1 Å². The van der Waals surface area contributed by atoms with Crippen molar-refractivity contribution in [2.45, 2.75) is 12.5 Å². The first-order valence-electron chi connectivity index (χ1n) is 10.7. The number of nitrogens with two attached hydrogens (primary N) is 1. The monoisotopic (exact) mass is 496 g/mol. The second kappa shape index (κ2) is 12.4. The summed E-state index contributed by atoms with van der Waals surface area (Å²) < 4.78 is 15.6.